The van der Waals surface area contributed by atoms with E-state index >= 15 is 0 Å². The Balaban J connectivity index is 1.65. The van der Waals surface area contributed by atoms with E-state index in [2.05, 4.69) is 0 Å². The summed E-state index contributed by atoms with van der Waals surface area (Å²) in [6.07, 6.45) is 0.115. The zero-order valence-electron chi connectivity index (χ0n) is 24.3. The Kier molecular flexibility index (Phi) is 2.63. The number of hydrogen-bond acceptors (Lipinski definition) is 4. The molecule has 0 aromatic heterocycles. The molecular formula is C20H24ClN3S. The second-order valence-corrected chi connectivity index (χ2v) is 7.14. The fourth-order valence-corrected chi connectivity index (χ4v) is 4.06. The summed E-state index contributed by atoms with van der Waals surface area (Å²) in [4.78, 5) is 4.05. The molecule has 0 radical (unpaired) electrons. The lowest BCUT2D eigenvalue weighted by Gasteiger charge is -2.35. The van der Waals surface area contributed by atoms with Crippen molar-refractivity contribution in [1.29, 1.82) is 0 Å². The summed E-state index contributed by atoms with van der Waals surface area (Å²) in [7, 11) is 0. The number of rotatable bonds is 4. The minimum absolute atomic E-state index is 0.115. The van der Waals surface area contributed by atoms with Gasteiger partial charge in [0.05, 0.1) is 11.4 Å². The van der Waals surface area contributed by atoms with E-state index in [1.807, 2.05) is 35.2 Å². The average molecular weight is 385 g/mol. The molecule has 2 aliphatic rings. The Hall–Kier alpha value is -1.20. The third-order valence-corrected chi connectivity index (χ3v) is 5.31. The Morgan fingerprint density at radius 2 is 1.84 bits per heavy atom. The molecule has 3 nitrogen and oxygen atoms in total. The molecule has 0 unspecified atom stereocenters. The number of piperazine rings is 1. The highest BCUT2D eigenvalue weighted by Crippen LogP contribution is 2.48. The number of fused-ring (bicyclic) bond motifs is 2. The molecule has 2 aliphatic heterocycles. The fraction of sp³-hybridized carbons (Fsp3) is 0.400. The monoisotopic (exact) mass is 384 g/mol. The van der Waals surface area contributed by atoms with Gasteiger partial charge in [0.25, 0.3) is 0 Å². The number of nitrogens with zero attached hydrogens (tertiary/aromatic N) is 3. The van der Waals surface area contributed by atoms with Crippen LogP contribution in [0.15, 0.2) is 52.3 Å². The highest BCUT2D eigenvalue weighted by molar-refractivity contribution is 7.99. The first kappa shape index (κ1) is 8.66. The maximum Gasteiger partial charge on any atom is 0.0567 e. The van der Waals surface area contributed by atoms with Crippen molar-refractivity contribution in [3.05, 3.63) is 47.5 Å². The van der Waals surface area contributed by atoms with Crippen molar-refractivity contribution in [2.45, 2.75) is 16.2 Å². The van der Waals surface area contributed by atoms with Gasteiger partial charge in [-0.05, 0) is 50.3 Å². The molecule has 25 heavy (non-hydrogen) atoms. The van der Waals surface area contributed by atoms with Crippen LogP contribution in [0.25, 0.3) is 0 Å². The molecule has 0 spiro atoms. The van der Waals surface area contributed by atoms with Crippen molar-refractivity contribution in [2.24, 2.45) is 0 Å². The normalized spacial score (nSPS) is 33.2. The number of likely N-dealkylation sites (N-methyl/N-ethyl adjacent to an activating group) is 1. The quantitative estimate of drug-likeness (QED) is 0.762. The van der Waals surface area contributed by atoms with Gasteiger partial charge in [-0.15, -0.1) is 0 Å². The molecule has 2 aromatic rings. The third-order valence-electron chi connectivity index (χ3n) is 3.94. The number of benzene rings is 2. The molecular weight excluding hydrogens is 350 g/mol. The Morgan fingerprint density at radius 1 is 1.04 bits per heavy atom. The molecule has 1 fully saturated rings. The van der Waals surface area contributed by atoms with Gasteiger partial charge in [-0.1, -0.05) is 35.5 Å². The zero-order valence-corrected chi connectivity index (χ0v) is 14.9. The van der Waals surface area contributed by atoms with E-state index in [0.717, 1.165) is 21.2 Å². The molecule has 0 N–H and O–H groups in total. The standard InChI is InChI=1S/C20H24ClN3S/c1-22-11-13-23(14-12-22)9-4-10-24-17-5-2-3-6-19(17)25-20-8-7-16(21)15-18(20)24/h2-3,5-8,15H,4,9-14H2,1H3/i1D3,11D2,12D2,13D2,14D2. The molecule has 0 aliphatic carbocycles. The first-order valence-corrected chi connectivity index (χ1v) is 9.05. The van der Waals surface area contributed by atoms with Crippen LogP contribution in [0.4, 0.5) is 11.4 Å². The summed E-state index contributed by atoms with van der Waals surface area (Å²) in [5.74, 6) is 0. The number of anilines is 2. The first-order chi connectivity index (χ1) is 16.4. The summed E-state index contributed by atoms with van der Waals surface area (Å²) < 4.78 is 89.3. The van der Waals surface area contributed by atoms with Crippen molar-refractivity contribution in [3.63, 3.8) is 0 Å². The van der Waals surface area contributed by atoms with Gasteiger partial charge in [0.2, 0.25) is 0 Å². The van der Waals surface area contributed by atoms with E-state index in [4.69, 9.17) is 26.7 Å². The van der Waals surface area contributed by atoms with E-state index in [1.165, 1.54) is 0 Å². The van der Waals surface area contributed by atoms with E-state index in [-0.39, 0.29) is 24.4 Å². The average Bonchev–Trinajstić information content (AvgIpc) is 2.73. The van der Waals surface area contributed by atoms with Gasteiger partial charge < -0.3 is 14.7 Å². The number of para-hydroxylation sites is 1. The molecule has 132 valence electrons. The molecule has 2 heterocycles. The van der Waals surface area contributed by atoms with Crippen molar-refractivity contribution >= 4 is 34.7 Å². The Labute approximate surface area is 175 Å². The van der Waals surface area contributed by atoms with Crippen LogP contribution in [0.3, 0.4) is 0 Å². The van der Waals surface area contributed by atoms with Gasteiger partial charge >= 0.3 is 0 Å². The summed E-state index contributed by atoms with van der Waals surface area (Å²) in [5, 5.41) is 0.522. The maximum atomic E-state index is 8.40. The molecule has 0 bridgehead atoms. The van der Waals surface area contributed by atoms with Crippen molar-refractivity contribution in [2.75, 3.05) is 51.0 Å². The molecule has 0 amide bonds. The minimum Gasteiger partial charge on any atom is -0.340 e. The van der Waals surface area contributed by atoms with Gasteiger partial charge in [-0.2, -0.15) is 0 Å². The zero-order chi connectivity index (χ0) is 26.9. The van der Waals surface area contributed by atoms with Crippen LogP contribution in [0, 0.1) is 0 Å². The highest BCUT2D eigenvalue weighted by Gasteiger charge is 2.23. The summed E-state index contributed by atoms with van der Waals surface area (Å²) in [6.45, 7) is -16.6. The molecule has 5 heteroatoms. The van der Waals surface area contributed by atoms with Crippen LogP contribution in [-0.4, -0.2) is 55.9 Å². The maximum absolute atomic E-state index is 8.40. The van der Waals surface area contributed by atoms with Crippen molar-refractivity contribution in [3.8, 4) is 0 Å². The van der Waals surface area contributed by atoms with Crippen LogP contribution >= 0.6 is 23.4 Å². The predicted octanol–water partition coefficient (Wildman–Crippen LogP) is 4.58. The summed E-state index contributed by atoms with van der Waals surface area (Å²) >= 11 is 7.80. The molecule has 0 atom stereocenters. The Morgan fingerprint density at radius 3 is 2.68 bits per heavy atom. The van der Waals surface area contributed by atoms with Gasteiger partial charge in [-0.3, -0.25) is 0 Å². The van der Waals surface area contributed by atoms with Crippen LogP contribution in [0.1, 0.15) is 21.5 Å². The van der Waals surface area contributed by atoms with Gasteiger partial charge in [-0.25, -0.2) is 0 Å². The molecule has 1 saturated heterocycles. The summed E-state index contributed by atoms with van der Waals surface area (Å²) in [5.41, 5.74) is 1.69. The lowest BCUT2D eigenvalue weighted by Crippen LogP contribution is -2.45. The van der Waals surface area contributed by atoms with Crippen LogP contribution in [0.5, 0.6) is 0 Å². The third kappa shape index (κ3) is 3.82. The number of hydrogen-bond donors (Lipinski definition) is 0. The van der Waals surface area contributed by atoms with E-state index in [1.54, 1.807) is 23.9 Å². The van der Waals surface area contributed by atoms with E-state index in [0.29, 0.717) is 9.92 Å². The van der Waals surface area contributed by atoms with E-state index < -0.39 is 33.0 Å². The lowest BCUT2D eigenvalue weighted by molar-refractivity contribution is 0.153. The van der Waals surface area contributed by atoms with Crippen LogP contribution in [0.2, 0.25) is 5.02 Å². The van der Waals surface area contributed by atoms with Crippen molar-refractivity contribution in [1.82, 2.24) is 9.80 Å². The molecule has 2 aromatic carbocycles. The fourth-order valence-electron chi connectivity index (χ4n) is 2.82. The smallest absolute Gasteiger partial charge is 0.0567 e. The van der Waals surface area contributed by atoms with Crippen LogP contribution in [-0.2, 0) is 0 Å². The summed E-state index contributed by atoms with van der Waals surface area (Å²) in [6, 6.07) is 13.1. The minimum atomic E-state index is -3.42. The van der Waals surface area contributed by atoms with Gasteiger partial charge in [0.1, 0.15) is 0 Å². The molecule has 0 saturated carbocycles. The second-order valence-electron chi connectivity index (χ2n) is 5.62. The van der Waals surface area contributed by atoms with E-state index in [9.17, 15) is 0 Å². The van der Waals surface area contributed by atoms with Crippen LogP contribution < -0.4 is 4.90 Å². The van der Waals surface area contributed by atoms with Crippen molar-refractivity contribution < 1.29 is 15.1 Å². The second kappa shape index (κ2) is 7.58. The van der Waals surface area contributed by atoms with Gasteiger partial charge in [0, 0.05) is 62.4 Å². The Bertz CT molecular complexity index is 1130. The number of halogens is 1. The SMILES string of the molecule is [2H]C([2H])([2H])N1C([2H])([2H])C([2H])([2H])N(CCCN2c3ccccc3Sc3ccc(Cl)cc32)C([2H])([2H])C1([2H])[2H]. The predicted molar refractivity (Wildman–Crippen MR) is 108 cm³/mol. The van der Waals surface area contributed by atoms with Gasteiger partial charge in [0.15, 0.2) is 0 Å². The first-order valence-electron chi connectivity index (χ1n) is 13.4. The highest BCUT2D eigenvalue weighted by atomic mass is 35.5. The molecule has 4 rings (SSSR count). The lowest BCUT2D eigenvalue weighted by atomic mass is 10.2. The topological polar surface area (TPSA) is 9.72 Å². The largest absolute Gasteiger partial charge is 0.340 e.